The van der Waals surface area contributed by atoms with Crippen molar-refractivity contribution in [2.75, 3.05) is 6.61 Å². The largest absolute Gasteiger partial charge is 0.394 e. The van der Waals surface area contributed by atoms with E-state index in [4.69, 9.17) is 9.84 Å². The van der Waals surface area contributed by atoms with Crippen molar-refractivity contribution in [1.82, 2.24) is 14.5 Å². The highest BCUT2D eigenvalue weighted by atomic mass is 16.6. The van der Waals surface area contributed by atoms with Crippen LogP contribution in [0.5, 0.6) is 0 Å². The summed E-state index contributed by atoms with van der Waals surface area (Å²) >= 11 is 0. The molecular weight excluding hydrogens is 306 g/mol. The lowest BCUT2D eigenvalue weighted by Crippen LogP contribution is -2.38. The van der Waals surface area contributed by atoms with Crippen LogP contribution in [0.4, 0.5) is 0 Å². The van der Waals surface area contributed by atoms with Crippen molar-refractivity contribution in [3.05, 3.63) is 51.4 Å². The highest BCUT2D eigenvalue weighted by Gasteiger charge is 2.43. The van der Waals surface area contributed by atoms with Gasteiger partial charge in [0.15, 0.2) is 6.23 Å². The van der Waals surface area contributed by atoms with Gasteiger partial charge in [0.2, 0.25) is 0 Å². The molecule has 2 aromatic heterocycles. The molecule has 0 amide bonds. The van der Waals surface area contributed by atoms with Crippen LogP contribution >= 0.6 is 0 Å². The monoisotopic (exact) mass is 321 g/mol. The van der Waals surface area contributed by atoms with Gasteiger partial charge in [0.1, 0.15) is 18.3 Å². The Morgan fingerprint density at radius 1 is 1.26 bits per heavy atom. The van der Waals surface area contributed by atoms with Crippen LogP contribution in [0.3, 0.4) is 0 Å². The molecule has 4 atom stereocenters. The Bertz CT molecular complexity index is 802. The van der Waals surface area contributed by atoms with Crippen LogP contribution in [-0.4, -0.2) is 54.8 Å². The van der Waals surface area contributed by atoms with Crippen molar-refractivity contribution in [3.8, 4) is 11.3 Å². The molecule has 0 radical (unpaired) electrons. The average Bonchev–Trinajstić information content (AvgIpc) is 2.84. The van der Waals surface area contributed by atoms with E-state index in [9.17, 15) is 19.8 Å². The van der Waals surface area contributed by atoms with Crippen LogP contribution in [0.15, 0.2) is 40.2 Å². The maximum absolute atomic E-state index is 12.0. The molecule has 0 spiro atoms. The first kappa shape index (κ1) is 15.6. The Morgan fingerprint density at radius 3 is 2.65 bits per heavy atom. The van der Waals surface area contributed by atoms with Crippen molar-refractivity contribution in [1.29, 1.82) is 0 Å². The fraction of sp³-hybridized carbons (Fsp3) is 0.357. The Morgan fingerprint density at radius 2 is 2.04 bits per heavy atom. The van der Waals surface area contributed by atoms with Crippen LogP contribution in [0.1, 0.15) is 6.23 Å². The third-order valence-electron chi connectivity index (χ3n) is 3.70. The first-order valence-electron chi connectivity index (χ1n) is 6.92. The van der Waals surface area contributed by atoms with Gasteiger partial charge in [-0.3, -0.25) is 19.3 Å². The molecule has 3 heterocycles. The SMILES string of the molecule is O=c1[nH]c(=O)n([C@@H]2O[C@H](CO)[C@@H](O)[C@@H]2O)cc1-c1ccccn1. The minimum atomic E-state index is -1.42. The molecule has 23 heavy (non-hydrogen) atoms. The summed E-state index contributed by atoms with van der Waals surface area (Å²) in [5.74, 6) is 0. The number of pyridine rings is 1. The first-order valence-corrected chi connectivity index (χ1v) is 6.92. The normalized spacial score (nSPS) is 27.3. The molecule has 0 aromatic carbocycles. The molecule has 122 valence electrons. The van der Waals surface area contributed by atoms with Crippen molar-refractivity contribution in [2.45, 2.75) is 24.5 Å². The number of nitrogens with one attached hydrogen (secondary N) is 1. The lowest BCUT2D eigenvalue weighted by Gasteiger charge is -2.17. The summed E-state index contributed by atoms with van der Waals surface area (Å²) < 4.78 is 6.27. The number of ether oxygens (including phenoxy) is 1. The molecular formula is C14H15N3O6. The second-order valence-corrected chi connectivity index (χ2v) is 5.15. The number of aliphatic hydroxyl groups excluding tert-OH is 3. The molecule has 1 fully saturated rings. The first-order chi connectivity index (χ1) is 11.0. The van der Waals surface area contributed by atoms with Crippen molar-refractivity contribution in [2.24, 2.45) is 0 Å². The maximum atomic E-state index is 12.0. The number of aliphatic hydroxyl groups is 3. The van der Waals surface area contributed by atoms with Gasteiger partial charge in [0.25, 0.3) is 5.56 Å². The molecule has 4 N–H and O–H groups in total. The van der Waals surface area contributed by atoms with E-state index in [1.807, 2.05) is 0 Å². The highest BCUT2D eigenvalue weighted by Crippen LogP contribution is 2.28. The minimum absolute atomic E-state index is 0.114. The van der Waals surface area contributed by atoms with Crippen molar-refractivity contribution in [3.63, 3.8) is 0 Å². The molecule has 0 unspecified atom stereocenters. The van der Waals surface area contributed by atoms with Gasteiger partial charge < -0.3 is 20.1 Å². The van der Waals surface area contributed by atoms with E-state index in [0.29, 0.717) is 5.69 Å². The Labute approximate surface area is 129 Å². The van der Waals surface area contributed by atoms with Crippen LogP contribution in [0, 0.1) is 0 Å². The van der Waals surface area contributed by atoms with Gasteiger partial charge in [-0.15, -0.1) is 0 Å². The van der Waals surface area contributed by atoms with Gasteiger partial charge in [-0.25, -0.2) is 4.79 Å². The molecule has 0 aliphatic carbocycles. The van der Waals surface area contributed by atoms with E-state index in [1.165, 1.54) is 12.4 Å². The average molecular weight is 321 g/mol. The fourth-order valence-electron chi connectivity index (χ4n) is 2.49. The number of nitrogens with zero attached hydrogens (tertiary/aromatic N) is 2. The number of aromatic nitrogens is 3. The second-order valence-electron chi connectivity index (χ2n) is 5.15. The van der Waals surface area contributed by atoms with E-state index in [1.54, 1.807) is 18.2 Å². The molecule has 9 heteroatoms. The maximum Gasteiger partial charge on any atom is 0.330 e. The highest BCUT2D eigenvalue weighted by molar-refractivity contribution is 5.55. The predicted octanol–water partition coefficient (Wildman–Crippen LogP) is -1.79. The third kappa shape index (κ3) is 2.70. The van der Waals surface area contributed by atoms with Gasteiger partial charge in [0.05, 0.1) is 17.9 Å². The van der Waals surface area contributed by atoms with Crippen LogP contribution in [0.25, 0.3) is 11.3 Å². The van der Waals surface area contributed by atoms with Crippen LogP contribution in [-0.2, 0) is 4.74 Å². The summed E-state index contributed by atoms with van der Waals surface area (Å²) in [5.41, 5.74) is -0.974. The van der Waals surface area contributed by atoms with E-state index >= 15 is 0 Å². The molecule has 1 aliphatic heterocycles. The summed E-state index contributed by atoms with van der Waals surface area (Å²) in [6.45, 7) is -0.514. The number of H-pyrrole nitrogens is 1. The minimum Gasteiger partial charge on any atom is -0.394 e. The van der Waals surface area contributed by atoms with Gasteiger partial charge in [0, 0.05) is 12.4 Å². The molecule has 1 saturated heterocycles. The Hall–Kier alpha value is -2.33. The summed E-state index contributed by atoms with van der Waals surface area (Å²) in [7, 11) is 0. The topological polar surface area (TPSA) is 138 Å². The lowest BCUT2D eigenvalue weighted by molar-refractivity contribution is -0.0549. The van der Waals surface area contributed by atoms with E-state index in [0.717, 1.165) is 4.57 Å². The van der Waals surface area contributed by atoms with Crippen molar-refractivity contribution < 1.29 is 20.1 Å². The van der Waals surface area contributed by atoms with Crippen LogP contribution < -0.4 is 11.2 Å². The van der Waals surface area contributed by atoms with E-state index in [-0.39, 0.29) is 5.56 Å². The van der Waals surface area contributed by atoms with Gasteiger partial charge in [-0.05, 0) is 12.1 Å². The molecule has 1 aliphatic rings. The summed E-state index contributed by atoms with van der Waals surface area (Å²) in [6, 6.07) is 4.96. The van der Waals surface area contributed by atoms with Crippen LogP contribution in [0.2, 0.25) is 0 Å². The quantitative estimate of drug-likeness (QED) is 0.524. The van der Waals surface area contributed by atoms with E-state index < -0.39 is 42.4 Å². The lowest BCUT2D eigenvalue weighted by atomic mass is 10.1. The molecule has 2 aromatic rings. The van der Waals surface area contributed by atoms with Gasteiger partial charge in [-0.2, -0.15) is 0 Å². The van der Waals surface area contributed by atoms with E-state index in [2.05, 4.69) is 9.97 Å². The number of hydrogen-bond acceptors (Lipinski definition) is 7. The predicted molar refractivity (Wildman–Crippen MR) is 77.6 cm³/mol. The Kier molecular flexibility index (Phi) is 4.09. The third-order valence-corrected chi connectivity index (χ3v) is 3.70. The smallest absolute Gasteiger partial charge is 0.330 e. The fourth-order valence-corrected chi connectivity index (χ4v) is 2.49. The number of rotatable bonds is 3. The molecule has 0 bridgehead atoms. The molecule has 9 nitrogen and oxygen atoms in total. The van der Waals surface area contributed by atoms with Crippen molar-refractivity contribution >= 4 is 0 Å². The van der Waals surface area contributed by atoms with Gasteiger partial charge >= 0.3 is 5.69 Å². The zero-order valence-corrected chi connectivity index (χ0v) is 11.9. The summed E-state index contributed by atoms with van der Waals surface area (Å²) in [5, 5.41) is 28.9. The second kappa shape index (κ2) is 6.05. The zero-order valence-electron chi connectivity index (χ0n) is 11.9. The number of aromatic amines is 1. The van der Waals surface area contributed by atoms with Gasteiger partial charge in [-0.1, -0.05) is 6.07 Å². The number of hydrogen-bond donors (Lipinski definition) is 4. The summed E-state index contributed by atoms with van der Waals surface area (Å²) in [6.07, 6.45) is -2.31. The zero-order chi connectivity index (χ0) is 16.6. The standard InChI is InChI=1S/C14H15N3O6/c18-6-9-10(19)11(20)13(23-9)17-5-7(12(21)16-14(17)22)8-3-1-2-4-15-8/h1-5,9-11,13,18-20H,6H2,(H,16,21,22)/t9-,10-,11+,13-/m1/s1. The molecule has 3 rings (SSSR count). The summed E-state index contributed by atoms with van der Waals surface area (Å²) in [4.78, 5) is 30.2. The molecule has 0 saturated carbocycles. The Balaban J connectivity index is 2.08.